The molecule has 0 fully saturated rings. The SMILES string of the molecule is CCCCCCCCCCc1cs[c]([Sn]([CH2]CCC)([CH2]CCC)[CH2]CCC)c1. The number of hydrogen-bond donors (Lipinski definition) is 0. The predicted molar refractivity (Wildman–Crippen MR) is 135 cm³/mol. The first kappa shape index (κ1) is 26.5. The van der Waals surface area contributed by atoms with Gasteiger partial charge in [0.15, 0.2) is 0 Å². The second-order valence-corrected chi connectivity index (χ2v) is 24.2. The van der Waals surface area contributed by atoms with Gasteiger partial charge in [-0.2, -0.15) is 0 Å². The molecule has 0 spiro atoms. The van der Waals surface area contributed by atoms with Crippen LogP contribution in [0.5, 0.6) is 0 Å². The Morgan fingerprint density at radius 1 is 0.607 bits per heavy atom. The van der Waals surface area contributed by atoms with E-state index in [0.29, 0.717) is 0 Å². The second kappa shape index (κ2) is 17.2. The number of aryl methyl sites for hydroxylation is 1. The van der Waals surface area contributed by atoms with Gasteiger partial charge in [0.1, 0.15) is 0 Å². The third kappa shape index (κ3) is 10.5. The van der Waals surface area contributed by atoms with Crippen molar-refractivity contribution in [3.63, 3.8) is 0 Å². The molecular formula is C26H50SSn. The molecule has 0 nitrogen and oxygen atoms in total. The number of thiophene rings is 1. The Hall–Kier alpha value is 0.499. The standard InChI is InChI=1S/C14H23S.3C4H9.Sn/c1-2-3-4-5-6-7-8-9-10-14-11-12-15-13-14;3*1-3-4-2;/h11,13H,2-10H2,1H3;3*1,3-4H2,2H3;. The maximum absolute atomic E-state index is 2.71. The summed E-state index contributed by atoms with van der Waals surface area (Å²) in [5.74, 6) is 0. The number of hydrogen-bond acceptors (Lipinski definition) is 1. The first-order valence-corrected chi connectivity index (χ1v) is 21.2. The van der Waals surface area contributed by atoms with Gasteiger partial charge in [-0.3, -0.25) is 0 Å². The Morgan fingerprint density at radius 3 is 1.57 bits per heavy atom. The van der Waals surface area contributed by atoms with Crippen molar-refractivity contribution in [3.8, 4) is 0 Å². The van der Waals surface area contributed by atoms with Gasteiger partial charge in [-0.05, 0) is 0 Å². The van der Waals surface area contributed by atoms with Crippen LogP contribution in [-0.2, 0) is 6.42 Å². The van der Waals surface area contributed by atoms with Crippen LogP contribution < -0.4 is 2.89 Å². The van der Waals surface area contributed by atoms with E-state index in [0.717, 1.165) is 0 Å². The van der Waals surface area contributed by atoms with Crippen molar-refractivity contribution in [1.29, 1.82) is 0 Å². The van der Waals surface area contributed by atoms with Gasteiger partial charge in [-0.25, -0.2) is 0 Å². The minimum atomic E-state index is -2.16. The second-order valence-electron chi connectivity index (χ2n) is 9.14. The molecule has 0 aromatic carbocycles. The molecule has 164 valence electrons. The molecule has 0 amide bonds. The van der Waals surface area contributed by atoms with Crippen molar-refractivity contribution in [2.24, 2.45) is 0 Å². The summed E-state index contributed by atoms with van der Waals surface area (Å²) in [6.45, 7) is 9.47. The van der Waals surface area contributed by atoms with Crippen LogP contribution in [0, 0.1) is 0 Å². The van der Waals surface area contributed by atoms with Gasteiger partial charge in [-0.1, -0.05) is 6.92 Å². The molecule has 0 saturated heterocycles. The van der Waals surface area contributed by atoms with Gasteiger partial charge >= 0.3 is 180 Å². The average molecular weight is 513 g/mol. The molecule has 28 heavy (non-hydrogen) atoms. The summed E-state index contributed by atoms with van der Waals surface area (Å²) in [5.41, 5.74) is 1.68. The predicted octanol–water partition coefficient (Wildman–Crippen LogP) is 9.49. The fourth-order valence-electron chi connectivity index (χ4n) is 4.54. The first-order chi connectivity index (χ1) is 13.7. The van der Waals surface area contributed by atoms with E-state index in [-0.39, 0.29) is 0 Å². The van der Waals surface area contributed by atoms with Gasteiger partial charge in [-0.15, -0.1) is 0 Å². The Labute approximate surface area is 186 Å². The summed E-state index contributed by atoms with van der Waals surface area (Å²) in [6.07, 6.45) is 21.4. The van der Waals surface area contributed by atoms with E-state index < -0.39 is 18.4 Å². The van der Waals surface area contributed by atoms with Gasteiger partial charge in [0.05, 0.1) is 0 Å². The summed E-state index contributed by atoms with van der Waals surface area (Å²) in [6, 6.07) is 2.71. The van der Waals surface area contributed by atoms with Crippen LogP contribution in [0.1, 0.15) is 123 Å². The average Bonchev–Trinajstić information content (AvgIpc) is 3.19. The normalized spacial score (nSPS) is 12.0. The zero-order valence-electron chi connectivity index (χ0n) is 19.8. The van der Waals surface area contributed by atoms with E-state index in [1.807, 2.05) is 2.89 Å². The van der Waals surface area contributed by atoms with Crippen LogP contribution in [0.4, 0.5) is 0 Å². The van der Waals surface area contributed by atoms with Crippen LogP contribution in [0.25, 0.3) is 0 Å². The monoisotopic (exact) mass is 514 g/mol. The number of rotatable bonds is 19. The molecule has 0 aliphatic carbocycles. The molecule has 0 radical (unpaired) electrons. The summed E-state index contributed by atoms with van der Waals surface area (Å²) in [5, 5.41) is 2.55. The molecule has 2 heteroatoms. The zero-order valence-corrected chi connectivity index (χ0v) is 23.5. The van der Waals surface area contributed by atoms with E-state index >= 15 is 0 Å². The van der Waals surface area contributed by atoms with E-state index in [9.17, 15) is 0 Å². The van der Waals surface area contributed by atoms with E-state index in [1.165, 1.54) is 96.3 Å². The molecule has 1 rings (SSSR count). The Kier molecular flexibility index (Phi) is 16.3. The van der Waals surface area contributed by atoms with Crippen molar-refractivity contribution in [2.75, 3.05) is 0 Å². The van der Waals surface area contributed by atoms with Crippen LogP contribution in [0.3, 0.4) is 0 Å². The van der Waals surface area contributed by atoms with Crippen molar-refractivity contribution >= 4 is 32.6 Å². The molecule has 1 heterocycles. The molecule has 1 aromatic heterocycles. The Morgan fingerprint density at radius 2 is 1.07 bits per heavy atom. The van der Waals surface area contributed by atoms with Crippen molar-refractivity contribution in [3.05, 3.63) is 17.0 Å². The van der Waals surface area contributed by atoms with E-state index in [2.05, 4.69) is 50.5 Å². The van der Waals surface area contributed by atoms with Crippen LogP contribution in [0.15, 0.2) is 11.4 Å². The van der Waals surface area contributed by atoms with Gasteiger partial charge in [0.25, 0.3) is 0 Å². The molecular weight excluding hydrogens is 463 g/mol. The van der Waals surface area contributed by atoms with Crippen molar-refractivity contribution in [1.82, 2.24) is 0 Å². The van der Waals surface area contributed by atoms with E-state index in [4.69, 9.17) is 0 Å². The Balaban J connectivity index is 2.58. The minimum absolute atomic E-state index is 1.34. The van der Waals surface area contributed by atoms with Crippen LogP contribution in [0.2, 0.25) is 13.3 Å². The molecule has 0 bridgehead atoms. The molecule has 0 unspecified atom stereocenters. The summed E-state index contributed by atoms with van der Waals surface area (Å²) >= 11 is 0.0170. The molecule has 0 N–H and O–H groups in total. The number of unbranched alkanes of at least 4 members (excludes halogenated alkanes) is 10. The molecule has 1 aromatic rings. The Bertz CT molecular complexity index is 443. The van der Waals surface area contributed by atoms with Crippen LogP contribution in [-0.4, -0.2) is 18.4 Å². The first-order valence-electron chi connectivity index (χ1n) is 12.8. The molecule has 0 aliphatic heterocycles. The van der Waals surface area contributed by atoms with E-state index in [1.54, 1.807) is 18.9 Å². The summed E-state index contributed by atoms with van der Waals surface area (Å²) < 4.78 is 6.77. The van der Waals surface area contributed by atoms with Gasteiger partial charge in [0.2, 0.25) is 0 Å². The quantitative estimate of drug-likeness (QED) is 0.128. The third-order valence-electron chi connectivity index (χ3n) is 6.52. The van der Waals surface area contributed by atoms with Crippen molar-refractivity contribution < 1.29 is 0 Å². The summed E-state index contributed by atoms with van der Waals surface area (Å²) in [4.78, 5) is 0. The molecule has 0 saturated carbocycles. The van der Waals surface area contributed by atoms with Crippen LogP contribution >= 0.6 is 11.3 Å². The fraction of sp³-hybridized carbons (Fsp3) is 0.846. The summed E-state index contributed by atoms with van der Waals surface area (Å²) in [7, 11) is 0. The fourth-order valence-corrected chi connectivity index (χ4v) is 24.6. The van der Waals surface area contributed by atoms with Gasteiger partial charge < -0.3 is 0 Å². The zero-order chi connectivity index (χ0) is 20.5. The molecule has 0 atom stereocenters. The molecule has 0 aliphatic rings. The third-order valence-corrected chi connectivity index (χ3v) is 25.8. The van der Waals surface area contributed by atoms with Crippen molar-refractivity contribution in [2.45, 2.75) is 137 Å². The van der Waals surface area contributed by atoms with Gasteiger partial charge in [0, 0.05) is 0 Å². The maximum atomic E-state index is 2.71. The topological polar surface area (TPSA) is 0 Å².